The minimum Gasteiger partial charge on any atom is -0.354 e. The van der Waals surface area contributed by atoms with Crippen LogP contribution in [-0.4, -0.2) is 22.7 Å². The molecule has 1 heterocycles. The molecule has 112 valence electrons. The fraction of sp³-hybridized carbons (Fsp3) is 0.125. The van der Waals surface area contributed by atoms with E-state index in [-0.39, 0.29) is 5.91 Å². The van der Waals surface area contributed by atoms with Gasteiger partial charge in [-0.05, 0) is 18.2 Å². The molecule has 0 saturated carbocycles. The van der Waals surface area contributed by atoms with Crippen molar-refractivity contribution in [1.82, 2.24) is 15.1 Å². The second-order valence-corrected chi connectivity index (χ2v) is 5.62. The van der Waals surface area contributed by atoms with Crippen LogP contribution in [0.3, 0.4) is 0 Å². The number of amides is 1. The zero-order valence-corrected chi connectivity index (χ0v) is 13.3. The maximum absolute atomic E-state index is 12.0. The number of carbonyl (C=O) groups is 1. The summed E-state index contributed by atoms with van der Waals surface area (Å²) in [5, 5.41) is 8.98. The third-order valence-electron chi connectivity index (χ3n) is 3.47. The van der Waals surface area contributed by atoms with E-state index in [4.69, 9.17) is 23.2 Å². The molecule has 0 radical (unpaired) electrons. The normalized spacial score (nSPS) is 10.9. The van der Waals surface area contributed by atoms with Gasteiger partial charge < -0.3 is 5.32 Å². The van der Waals surface area contributed by atoms with Crippen molar-refractivity contribution in [3.05, 3.63) is 63.8 Å². The molecule has 0 fully saturated rings. The number of hydrogen-bond acceptors (Lipinski definition) is 2. The number of para-hydroxylation sites is 1. The van der Waals surface area contributed by atoms with Crippen LogP contribution in [0.4, 0.5) is 0 Å². The molecule has 4 nitrogen and oxygen atoms in total. The molecule has 0 aliphatic heterocycles. The Labute approximate surface area is 137 Å². The molecule has 0 unspecified atom stereocenters. The minimum atomic E-state index is -0.222. The lowest BCUT2D eigenvalue weighted by Gasteiger charge is -2.08. The van der Waals surface area contributed by atoms with Gasteiger partial charge in [0.15, 0.2) is 5.69 Å². The average molecular weight is 334 g/mol. The van der Waals surface area contributed by atoms with Crippen LogP contribution in [-0.2, 0) is 6.54 Å². The highest BCUT2D eigenvalue weighted by Crippen LogP contribution is 2.27. The predicted octanol–water partition coefficient (Wildman–Crippen LogP) is 3.75. The number of fused-ring (bicyclic) bond motifs is 1. The number of carbonyl (C=O) groups excluding carboxylic acids is 1. The fourth-order valence-corrected chi connectivity index (χ4v) is 2.88. The molecule has 0 aliphatic carbocycles. The van der Waals surface area contributed by atoms with E-state index >= 15 is 0 Å². The summed E-state index contributed by atoms with van der Waals surface area (Å²) in [5.74, 6) is -0.222. The Bertz CT molecular complexity index is 837. The Balaban J connectivity index is 2.14. The molecule has 0 spiro atoms. The summed E-state index contributed by atoms with van der Waals surface area (Å²) in [4.78, 5) is 12.0. The van der Waals surface area contributed by atoms with Crippen molar-refractivity contribution in [3.63, 3.8) is 0 Å². The summed E-state index contributed by atoms with van der Waals surface area (Å²) in [6.07, 6.45) is 0. The number of benzene rings is 2. The van der Waals surface area contributed by atoms with E-state index in [0.29, 0.717) is 22.3 Å². The van der Waals surface area contributed by atoms with Crippen molar-refractivity contribution >= 4 is 40.0 Å². The molecule has 6 heteroatoms. The van der Waals surface area contributed by atoms with Crippen molar-refractivity contribution < 1.29 is 4.79 Å². The summed E-state index contributed by atoms with van der Waals surface area (Å²) in [5.41, 5.74) is 2.03. The first-order valence-corrected chi connectivity index (χ1v) is 7.48. The summed E-state index contributed by atoms with van der Waals surface area (Å²) in [6, 6.07) is 12.9. The van der Waals surface area contributed by atoms with Crippen molar-refractivity contribution in [2.45, 2.75) is 6.54 Å². The van der Waals surface area contributed by atoms with Crippen LogP contribution in [0.25, 0.3) is 10.9 Å². The maximum Gasteiger partial charge on any atom is 0.272 e. The second-order valence-electron chi connectivity index (χ2n) is 4.80. The minimum absolute atomic E-state index is 0.222. The first-order chi connectivity index (χ1) is 10.6. The largest absolute Gasteiger partial charge is 0.354 e. The average Bonchev–Trinajstić information content (AvgIpc) is 2.89. The molecule has 0 atom stereocenters. The Kier molecular flexibility index (Phi) is 4.05. The van der Waals surface area contributed by atoms with E-state index in [0.717, 1.165) is 16.5 Å². The summed E-state index contributed by atoms with van der Waals surface area (Å²) >= 11 is 12.4. The molecule has 0 bridgehead atoms. The van der Waals surface area contributed by atoms with Gasteiger partial charge in [0.1, 0.15) is 0 Å². The number of nitrogens with one attached hydrogen (secondary N) is 1. The van der Waals surface area contributed by atoms with Crippen LogP contribution in [0.1, 0.15) is 16.1 Å². The Hall–Kier alpha value is -2.04. The SMILES string of the molecule is CNC(=O)c1nn(Cc2c(Cl)cccc2Cl)c2ccccc12. The van der Waals surface area contributed by atoms with Crippen LogP contribution in [0.2, 0.25) is 10.0 Å². The zero-order valence-electron chi connectivity index (χ0n) is 11.8. The molecule has 3 rings (SSSR count). The molecule has 0 saturated heterocycles. The van der Waals surface area contributed by atoms with E-state index in [9.17, 15) is 4.79 Å². The van der Waals surface area contributed by atoms with Crippen molar-refractivity contribution in [2.24, 2.45) is 0 Å². The first kappa shape index (κ1) is 14.9. The smallest absolute Gasteiger partial charge is 0.272 e. The van der Waals surface area contributed by atoms with Crippen LogP contribution >= 0.6 is 23.2 Å². The number of aromatic nitrogens is 2. The number of rotatable bonds is 3. The molecule has 1 aromatic heterocycles. The van der Waals surface area contributed by atoms with Gasteiger partial charge in [0.05, 0.1) is 12.1 Å². The molecule has 1 amide bonds. The Morgan fingerprint density at radius 1 is 1.14 bits per heavy atom. The van der Waals surface area contributed by atoms with Crippen LogP contribution in [0, 0.1) is 0 Å². The van der Waals surface area contributed by atoms with Gasteiger partial charge in [0, 0.05) is 28.0 Å². The van der Waals surface area contributed by atoms with Gasteiger partial charge in [-0.15, -0.1) is 0 Å². The van der Waals surface area contributed by atoms with E-state index in [1.165, 1.54) is 0 Å². The van der Waals surface area contributed by atoms with Crippen LogP contribution in [0.5, 0.6) is 0 Å². The first-order valence-electron chi connectivity index (χ1n) is 6.72. The molecular formula is C16H13Cl2N3O. The van der Waals surface area contributed by atoms with Crippen molar-refractivity contribution in [1.29, 1.82) is 0 Å². The summed E-state index contributed by atoms with van der Waals surface area (Å²) in [7, 11) is 1.58. The molecule has 1 N–H and O–H groups in total. The molecule has 3 aromatic rings. The standard InChI is InChI=1S/C16H13Cl2N3O/c1-19-16(22)15-10-5-2-3-8-14(10)21(20-15)9-11-12(17)6-4-7-13(11)18/h2-8H,9H2,1H3,(H,19,22). The highest BCUT2D eigenvalue weighted by molar-refractivity contribution is 6.36. The third-order valence-corrected chi connectivity index (χ3v) is 4.18. The van der Waals surface area contributed by atoms with Gasteiger partial charge in [0.2, 0.25) is 0 Å². The monoisotopic (exact) mass is 333 g/mol. The molecular weight excluding hydrogens is 321 g/mol. The lowest BCUT2D eigenvalue weighted by atomic mass is 10.2. The van der Waals surface area contributed by atoms with E-state index in [2.05, 4.69) is 10.4 Å². The van der Waals surface area contributed by atoms with E-state index in [1.54, 1.807) is 29.9 Å². The second kappa shape index (κ2) is 5.99. The van der Waals surface area contributed by atoms with Gasteiger partial charge >= 0.3 is 0 Å². The number of hydrogen-bond donors (Lipinski definition) is 1. The van der Waals surface area contributed by atoms with Crippen LogP contribution < -0.4 is 5.32 Å². The highest BCUT2D eigenvalue weighted by Gasteiger charge is 2.17. The summed E-state index contributed by atoms with van der Waals surface area (Å²) < 4.78 is 1.74. The topological polar surface area (TPSA) is 46.9 Å². The van der Waals surface area contributed by atoms with Gasteiger partial charge in [0.25, 0.3) is 5.91 Å². The van der Waals surface area contributed by atoms with Gasteiger partial charge in [-0.2, -0.15) is 5.10 Å². The van der Waals surface area contributed by atoms with Gasteiger partial charge in [-0.25, -0.2) is 0 Å². The van der Waals surface area contributed by atoms with E-state index in [1.807, 2.05) is 24.3 Å². The predicted molar refractivity (Wildman–Crippen MR) is 88.7 cm³/mol. The Morgan fingerprint density at radius 3 is 2.50 bits per heavy atom. The van der Waals surface area contributed by atoms with Gasteiger partial charge in [-0.1, -0.05) is 47.5 Å². The summed E-state index contributed by atoms with van der Waals surface area (Å²) in [6.45, 7) is 0.399. The molecule has 2 aromatic carbocycles. The number of halogens is 2. The van der Waals surface area contributed by atoms with Crippen LogP contribution in [0.15, 0.2) is 42.5 Å². The lowest BCUT2D eigenvalue weighted by Crippen LogP contribution is -2.19. The quantitative estimate of drug-likeness (QED) is 0.793. The zero-order chi connectivity index (χ0) is 15.7. The Morgan fingerprint density at radius 2 is 1.82 bits per heavy atom. The highest BCUT2D eigenvalue weighted by atomic mass is 35.5. The lowest BCUT2D eigenvalue weighted by molar-refractivity contribution is 0.0959. The van der Waals surface area contributed by atoms with Crippen molar-refractivity contribution in [3.8, 4) is 0 Å². The fourth-order valence-electron chi connectivity index (χ4n) is 2.37. The maximum atomic E-state index is 12.0. The molecule has 0 aliphatic rings. The van der Waals surface area contributed by atoms with E-state index < -0.39 is 0 Å². The molecule has 22 heavy (non-hydrogen) atoms. The van der Waals surface area contributed by atoms with Crippen molar-refractivity contribution in [2.75, 3.05) is 7.05 Å². The third kappa shape index (κ3) is 2.56. The van der Waals surface area contributed by atoms with Gasteiger partial charge in [-0.3, -0.25) is 9.48 Å². The number of nitrogens with zero attached hydrogens (tertiary/aromatic N) is 2.